The number of para-hydroxylation sites is 1. The molecule has 0 aliphatic rings. The molecule has 0 unspecified atom stereocenters. The van der Waals surface area contributed by atoms with Gasteiger partial charge in [0.2, 0.25) is 0 Å². The molecule has 7 heteroatoms. The van der Waals surface area contributed by atoms with E-state index >= 15 is 0 Å². The van der Waals surface area contributed by atoms with Gasteiger partial charge in [-0.3, -0.25) is 4.31 Å². The minimum absolute atomic E-state index is 0.173. The normalized spacial score (nSPS) is 12.5. The van der Waals surface area contributed by atoms with Crippen molar-refractivity contribution in [2.45, 2.75) is 37.6 Å². The summed E-state index contributed by atoms with van der Waals surface area (Å²) >= 11 is 0. The maximum atomic E-state index is 13.0. The minimum Gasteiger partial charge on any atom is -0.469 e. The lowest BCUT2D eigenvalue weighted by molar-refractivity contribution is 0.495. The van der Waals surface area contributed by atoms with E-state index in [2.05, 4.69) is 17.2 Å². The number of nitrogens with one attached hydrogen (secondary N) is 1. The van der Waals surface area contributed by atoms with Crippen molar-refractivity contribution in [2.24, 2.45) is 0 Å². The number of nitrogens with zero attached hydrogens (tertiary/aromatic N) is 2. The lowest BCUT2D eigenvalue weighted by Crippen LogP contribution is -2.30. The number of sulfonamides is 1. The number of aryl methyl sites for hydroxylation is 1. The Bertz CT molecular complexity index is 956. The zero-order valence-electron chi connectivity index (χ0n) is 16.1. The second-order valence-corrected chi connectivity index (χ2v) is 8.41. The van der Waals surface area contributed by atoms with Gasteiger partial charge in [0.15, 0.2) is 0 Å². The van der Waals surface area contributed by atoms with E-state index in [0.717, 1.165) is 18.6 Å². The molecule has 1 aromatic carbocycles. The van der Waals surface area contributed by atoms with Crippen LogP contribution >= 0.6 is 0 Å². The fourth-order valence-electron chi connectivity index (χ4n) is 2.97. The summed E-state index contributed by atoms with van der Waals surface area (Å²) in [5.41, 5.74) is 0.638. The Labute approximate surface area is 166 Å². The van der Waals surface area contributed by atoms with Gasteiger partial charge in [0.25, 0.3) is 10.0 Å². The van der Waals surface area contributed by atoms with Crippen LogP contribution in [0.2, 0.25) is 0 Å². The number of rotatable bonds is 9. The second-order valence-electron chi connectivity index (χ2n) is 6.55. The predicted molar refractivity (Wildman–Crippen MR) is 111 cm³/mol. The average molecular weight is 400 g/mol. The Kier molecular flexibility index (Phi) is 6.36. The van der Waals surface area contributed by atoms with Crippen LogP contribution in [0.25, 0.3) is 0 Å². The first-order valence-corrected chi connectivity index (χ1v) is 10.8. The number of aromatic nitrogens is 1. The number of hydrogen-bond donors (Lipinski definition) is 1. The zero-order valence-corrected chi connectivity index (χ0v) is 16.9. The molecule has 0 aliphatic carbocycles. The maximum absolute atomic E-state index is 13.0. The quantitative estimate of drug-likeness (QED) is 0.580. The third kappa shape index (κ3) is 4.72. The Morgan fingerprint density at radius 2 is 1.89 bits per heavy atom. The van der Waals surface area contributed by atoms with Gasteiger partial charge in [0, 0.05) is 25.2 Å². The monoisotopic (exact) mass is 399 g/mol. The minimum atomic E-state index is -3.66. The molecule has 3 rings (SSSR count). The molecule has 148 valence electrons. The highest BCUT2D eigenvalue weighted by Crippen LogP contribution is 2.23. The topological polar surface area (TPSA) is 75.4 Å². The van der Waals surface area contributed by atoms with Crippen molar-refractivity contribution in [1.29, 1.82) is 0 Å². The molecular weight excluding hydrogens is 374 g/mol. The Morgan fingerprint density at radius 1 is 1.11 bits per heavy atom. The number of pyridine rings is 1. The van der Waals surface area contributed by atoms with E-state index in [-0.39, 0.29) is 10.9 Å². The summed E-state index contributed by atoms with van der Waals surface area (Å²) in [6.07, 6.45) is 4.79. The third-order valence-corrected chi connectivity index (χ3v) is 6.34. The van der Waals surface area contributed by atoms with Crippen molar-refractivity contribution >= 4 is 21.5 Å². The average Bonchev–Trinajstić information content (AvgIpc) is 3.22. The smallest absolute Gasteiger partial charge is 0.265 e. The number of hydrogen-bond acceptors (Lipinski definition) is 5. The Balaban J connectivity index is 1.67. The van der Waals surface area contributed by atoms with E-state index in [0.29, 0.717) is 18.1 Å². The SMILES string of the molecule is CCN(c1ccccc1)S(=O)(=O)c1ccc(N[C@H](C)CCc2ccco2)nc1. The van der Waals surface area contributed by atoms with Crippen molar-refractivity contribution in [3.8, 4) is 0 Å². The van der Waals surface area contributed by atoms with E-state index in [1.165, 1.54) is 10.5 Å². The number of furan rings is 1. The van der Waals surface area contributed by atoms with Crippen LogP contribution in [0, 0.1) is 0 Å². The van der Waals surface area contributed by atoms with Gasteiger partial charge in [-0.2, -0.15) is 0 Å². The van der Waals surface area contributed by atoms with Crippen LogP contribution < -0.4 is 9.62 Å². The number of benzene rings is 1. The molecule has 0 saturated heterocycles. The van der Waals surface area contributed by atoms with Gasteiger partial charge in [0.05, 0.1) is 12.0 Å². The molecule has 0 radical (unpaired) electrons. The third-order valence-electron chi connectivity index (χ3n) is 4.45. The van der Waals surface area contributed by atoms with E-state index in [1.807, 2.05) is 37.3 Å². The Morgan fingerprint density at radius 3 is 2.50 bits per heavy atom. The van der Waals surface area contributed by atoms with Crippen LogP contribution in [0.5, 0.6) is 0 Å². The summed E-state index contributed by atoms with van der Waals surface area (Å²) in [5.74, 6) is 1.59. The summed E-state index contributed by atoms with van der Waals surface area (Å²) in [4.78, 5) is 4.47. The van der Waals surface area contributed by atoms with Crippen LogP contribution in [0.1, 0.15) is 26.0 Å². The fraction of sp³-hybridized carbons (Fsp3) is 0.286. The Hall–Kier alpha value is -2.80. The molecule has 0 aliphatic heterocycles. The molecule has 2 aromatic heterocycles. The van der Waals surface area contributed by atoms with Gasteiger partial charge in [-0.05, 0) is 56.7 Å². The van der Waals surface area contributed by atoms with Crippen LogP contribution in [-0.2, 0) is 16.4 Å². The van der Waals surface area contributed by atoms with Crippen LogP contribution in [0.3, 0.4) is 0 Å². The largest absolute Gasteiger partial charge is 0.469 e. The van der Waals surface area contributed by atoms with E-state index < -0.39 is 10.0 Å². The summed E-state index contributed by atoms with van der Waals surface area (Å²) in [6, 6.07) is 16.4. The summed E-state index contributed by atoms with van der Waals surface area (Å²) in [7, 11) is -3.66. The molecule has 28 heavy (non-hydrogen) atoms. The second kappa shape index (κ2) is 8.93. The molecule has 0 spiro atoms. The van der Waals surface area contributed by atoms with E-state index in [9.17, 15) is 8.42 Å². The first kappa shape index (κ1) is 19.9. The first-order chi connectivity index (χ1) is 13.5. The van der Waals surface area contributed by atoms with E-state index in [1.54, 1.807) is 30.5 Å². The molecule has 2 heterocycles. The maximum Gasteiger partial charge on any atom is 0.265 e. The van der Waals surface area contributed by atoms with Crippen LogP contribution in [0.15, 0.2) is 76.4 Å². The fourth-order valence-corrected chi connectivity index (χ4v) is 4.39. The molecule has 1 N–H and O–H groups in total. The van der Waals surface area contributed by atoms with Gasteiger partial charge in [-0.25, -0.2) is 13.4 Å². The van der Waals surface area contributed by atoms with Crippen molar-refractivity contribution in [3.05, 3.63) is 72.8 Å². The van der Waals surface area contributed by atoms with Crippen molar-refractivity contribution in [2.75, 3.05) is 16.2 Å². The van der Waals surface area contributed by atoms with Crippen LogP contribution in [0.4, 0.5) is 11.5 Å². The molecule has 0 amide bonds. The van der Waals surface area contributed by atoms with Gasteiger partial charge in [0.1, 0.15) is 16.5 Å². The summed E-state index contributed by atoms with van der Waals surface area (Å²) in [6.45, 7) is 4.22. The van der Waals surface area contributed by atoms with Crippen molar-refractivity contribution < 1.29 is 12.8 Å². The highest BCUT2D eigenvalue weighted by atomic mass is 32.2. The van der Waals surface area contributed by atoms with Gasteiger partial charge >= 0.3 is 0 Å². The molecule has 0 saturated carbocycles. The van der Waals surface area contributed by atoms with Gasteiger partial charge < -0.3 is 9.73 Å². The number of anilines is 2. The van der Waals surface area contributed by atoms with Crippen molar-refractivity contribution in [3.63, 3.8) is 0 Å². The molecular formula is C21H25N3O3S. The molecule has 0 bridgehead atoms. The highest BCUT2D eigenvalue weighted by molar-refractivity contribution is 7.92. The predicted octanol–water partition coefficient (Wildman–Crippen LogP) is 4.32. The highest BCUT2D eigenvalue weighted by Gasteiger charge is 2.23. The lowest BCUT2D eigenvalue weighted by atomic mass is 10.1. The van der Waals surface area contributed by atoms with Gasteiger partial charge in [-0.1, -0.05) is 18.2 Å². The van der Waals surface area contributed by atoms with Crippen LogP contribution in [-0.4, -0.2) is 26.0 Å². The molecule has 1 atom stereocenters. The molecule has 0 fully saturated rings. The standard InChI is InChI=1S/C21H25N3O3S/c1-3-24(18-8-5-4-6-9-18)28(25,26)20-13-14-21(22-16-20)23-17(2)11-12-19-10-7-15-27-19/h4-10,13-17H,3,11-12H2,1-2H3,(H,22,23)/t17-/m1/s1. The first-order valence-electron chi connectivity index (χ1n) is 9.33. The van der Waals surface area contributed by atoms with E-state index in [4.69, 9.17) is 4.42 Å². The lowest BCUT2D eigenvalue weighted by Gasteiger charge is -2.23. The van der Waals surface area contributed by atoms with Gasteiger partial charge in [-0.15, -0.1) is 0 Å². The molecule has 6 nitrogen and oxygen atoms in total. The zero-order chi connectivity index (χ0) is 20.0. The van der Waals surface area contributed by atoms with Crippen molar-refractivity contribution in [1.82, 2.24) is 4.98 Å². The molecule has 3 aromatic rings. The summed E-state index contributed by atoms with van der Waals surface area (Å²) in [5, 5.41) is 3.30. The summed E-state index contributed by atoms with van der Waals surface area (Å²) < 4.78 is 32.7.